The van der Waals surface area contributed by atoms with Gasteiger partial charge in [0.25, 0.3) is 5.60 Å². The van der Waals surface area contributed by atoms with Gasteiger partial charge < -0.3 is 20.4 Å². The Balaban J connectivity index is 1.95. The predicted octanol–water partition coefficient (Wildman–Crippen LogP) is 7.49. The van der Waals surface area contributed by atoms with Gasteiger partial charge in [-0.1, -0.05) is 43.7 Å². The first-order valence-corrected chi connectivity index (χ1v) is 14.4. The summed E-state index contributed by atoms with van der Waals surface area (Å²) in [6.45, 7) is -0.648. The second kappa shape index (κ2) is 12.8. The van der Waals surface area contributed by atoms with Crippen LogP contribution in [0.4, 0.5) is 26.3 Å². The lowest BCUT2D eigenvalue weighted by Crippen LogP contribution is -2.55. The van der Waals surface area contributed by atoms with Crippen molar-refractivity contribution in [3.8, 4) is 0 Å². The summed E-state index contributed by atoms with van der Waals surface area (Å²) in [6, 6.07) is 0. The minimum atomic E-state index is -6.05. The van der Waals surface area contributed by atoms with Gasteiger partial charge in [-0.3, -0.25) is 0 Å². The topological polar surface area (TPSA) is 80.9 Å². The van der Waals surface area contributed by atoms with Crippen molar-refractivity contribution >= 4 is 0 Å². The average molecular weight is 615 g/mol. The van der Waals surface area contributed by atoms with Crippen LogP contribution in [-0.4, -0.2) is 56.2 Å². The maximum absolute atomic E-state index is 13.4. The van der Waals surface area contributed by atoms with Gasteiger partial charge in [-0.05, 0) is 112 Å². The first-order chi connectivity index (χ1) is 21.7. The van der Waals surface area contributed by atoms with Gasteiger partial charge in [0.05, 0.1) is 17.8 Å². The molecule has 3 aliphatic rings. The third-order valence-electron chi connectivity index (χ3n) is 9.65. The van der Waals surface area contributed by atoms with E-state index in [1.165, 1.54) is 0 Å². The zero-order valence-corrected chi connectivity index (χ0v) is 23.7. The summed E-state index contributed by atoms with van der Waals surface area (Å²) < 4.78 is 126. The average Bonchev–Trinajstić information content (AvgIpc) is 3.28. The Morgan fingerprint density at radius 2 is 1.74 bits per heavy atom. The molecule has 0 heterocycles. The maximum atomic E-state index is 13.4. The first-order valence-electron chi connectivity index (χ1n) is 17.4. The molecule has 0 amide bonds. The zero-order chi connectivity index (χ0) is 36.7. The molecular weight excluding hydrogens is 562 g/mol. The maximum Gasteiger partial charge on any atom is 0.429 e. The van der Waals surface area contributed by atoms with E-state index in [-0.39, 0.29) is 43.6 Å². The number of hydrogen-bond donors (Lipinski definition) is 4. The van der Waals surface area contributed by atoms with Gasteiger partial charge in [-0.2, -0.15) is 26.3 Å². The molecule has 0 aliphatic heterocycles. The van der Waals surface area contributed by atoms with Crippen LogP contribution >= 0.6 is 0 Å². The zero-order valence-electron chi connectivity index (χ0n) is 29.7. The molecule has 3 aliphatic carbocycles. The van der Waals surface area contributed by atoms with E-state index in [1.54, 1.807) is 0 Å². The number of halogens is 6. The molecular formula is C32H46F6O4. The summed E-state index contributed by atoms with van der Waals surface area (Å²) >= 11 is 0. The van der Waals surface area contributed by atoms with Crippen LogP contribution in [0.1, 0.15) is 99.5 Å². The van der Waals surface area contributed by atoms with Crippen molar-refractivity contribution in [3.05, 3.63) is 47.6 Å². The van der Waals surface area contributed by atoms with Crippen molar-refractivity contribution in [2.24, 2.45) is 23.2 Å². The predicted molar refractivity (Wildman–Crippen MR) is 149 cm³/mol. The van der Waals surface area contributed by atoms with Crippen LogP contribution in [0.15, 0.2) is 47.6 Å². The van der Waals surface area contributed by atoms with Crippen LogP contribution in [0.5, 0.6) is 0 Å². The molecule has 0 unspecified atom stereocenters. The fourth-order valence-corrected chi connectivity index (χ4v) is 7.39. The molecule has 6 atom stereocenters. The molecule has 3 fully saturated rings. The van der Waals surface area contributed by atoms with Gasteiger partial charge in [0, 0.05) is 14.6 Å². The van der Waals surface area contributed by atoms with Gasteiger partial charge in [-0.15, -0.1) is 0 Å². The molecule has 0 spiro atoms. The van der Waals surface area contributed by atoms with Crippen molar-refractivity contribution in [2.75, 3.05) is 0 Å². The molecule has 0 aromatic carbocycles. The van der Waals surface area contributed by atoms with Crippen LogP contribution in [-0.2, 0) is 0 Å². The number of allylic oxidation sites excluding steroid dienone is 4. The minimum Gasteiger partial charge on any atom is -0.393 e. The number of hydrogen-bond acceptors (Lipinski definition) is 4. The van der Waals surface area contributed by atoms with E-state index < -0.39 is 67.2 Å². The molecule has 0 aromatic heterocycles. The molecule has 3 saturated carbocycles. The van der Waals surface area contributed by atoms with Crippen molar-refractivity contribution in [3.63, 3.8) is 0 Å². The second-order valence-electron chi connectivity index (χ2n) is 12.6. The lowest BCUT2D eigenvalue weighted by atomic mass is 9.60. The van der Waals surface area contributed by atoms with E-state index in [2.05, 4.69) is 6.58 Å². The highest BCUT2D eigenvalue weighted by Crippen LogP contribution is 2.60. The number of rotatable bonds is 9. The van der Waals surface area contributed by atoms with Crippen molar-refractivity contribution in [1.29, 1.82) is 0 Å². The third kappa shape index (κ3) is 7.71. The molecule has 240 valence electrons. The molecule has 0 aromatic rings. The normalized spacial score (nSPS) is 35.4. The first kappa shape index (κ1) is 26.8. The number of fused-ring (bicyclic) bond motifs is 1. The summed E-state index contributed by atoms with van der Waals surface area (Å²) in [7, 11) is 0. The highest BCUT2D eigenvalue weighted by atomic mass is 19.4. The fraction of sp³-hybridized carbons (Fsp3) is 0.750. The van der Waals surface area contributed by atoms with Crippen LogP contribution < -0.4 is 0 Å². The largest absolute Gasteiger partial charge is 0.429 e. The van der Waals surface area contributed by atoms with E-state index in [4.69, 9.17) is 8.22 Å². The molecule has 0 bridgehead atoms. The van der Waals surface area contributed by atoms with E-state index in [0.29, 0.717) is 42.9 Å². The smallest absolute Gasteiger partial charge is 0.393 e. The third-order valence-corrected chi connectivity index (χ3v) is 9.65. The second-order valence-corrected chi connectivity index (χ2v) is 12.6. The lowest BCUT2D eigenvalue weighted by Gasteiger charge is -2.45. The van der Waals surface area contributed by atoms with Gasteiger partial charge in [0.15, 0.2) is 0 Å². The van der Waals surface area contributed by atoms with E-state index in [9.17, 15) is 46.8 Å². The van der Waals surface area contributed by atoms with E-state index >= 15 is 0 Å². The molecule has 0 saturated heterocycles. The van der Waals surface area contributed by atoms with Crippen molar-refractivity contribution < 1.29 is 55.0 Å². The minimum absolute atomic E-state index is 0.000943. The number of aliphatic hydroxyl groups is 4. The molecule has 0 radical (unpaired) electrons. The summed E-state index contributed by atoms with van der Waals surface area (Å²) in [5.41, 5.74) is -6.35. The summed E-state index contributed by atoms with van der Waals surface area (Å²) in [5.74, 6) is -0.939. The SMILES string of the molecule is [2H]C([2H])([2H])C(O)(CCC[C@@H](C/C=C/C(O)(C(F)(F)F)C(F)(F)F)[C@H]1CC[C@H]2/C(=C/C=C3/C[C@@H](O)C[C@H](O)C3=C)CCC[C@]12C)C([2H])([2H])[2H]. The Bertz CT molecular complexity index is 1230. The summed E-state index contributed by atoms with van der Waals surface area (Å²) in [5, 5.41) is 40.8. The Morgan fingerprint density at radius 1 is 1.07 bits per heavy atom. The molecule has 4 nitrogen and oxygen atoms in total. The van der Waals surface area contributed by atoms with Crippen LogP contribution in [0.3, 0.4) is 0 Å². The molecule has 4 N–H and O–H groups in total. The molecule has 3 rings (SSSR count). The van der Waals surface area contributed by atoms with Gasteiger partial charge in [0.2, 0.25) is 0 Å². The van der Waals surface area contributed by atoms with Gasteiger partial charge >= 0.3 is 12.4 Å². The monoisotopic (exact) mass is 614 g/mol. The molecule has 10 heteroatoms. The Kier molecular flexibility index (Phi) is 8.14. The Morgan fingerprint density at radius 3 is 2.36 bits per heavy atom. The standard InChI is InChI=1S/C32H46F6O4/c1-20-23(18-24(39)19-27(20)40)12-11-22-9-6-16-29(4)25(13-14-26(22)29)21(8-5-15-28(2,3)41)10-7-17-30(42,31(33,34)35)32(36,37)38/h7,11-12,17,21,24-27,39-42H,1,5-6,8-10,13-16,18-19H2,2-4H3/b17-7+,22-11+,23-12-/t21-,24+,25+,26-,27-,29+/m0/s1/i2D3,3D3. The van der Waals surface area contributed by atoms with Crippen molar-refractivity contribution in [1.82, 2.24) is 0 Å². The highest BCUT2D eigenvalue weighted by molar-refractivity contribution is 5.38. The number of alkyl halides is 6. The molecule has 42 heavy (non-hydrogen) atoms. The Hall–Kier alpha value is -1.62. The quantitative estimate of drug-likeness (QED) is 0.160. The Labute approximate surface area is 253 Å². The van der Waals surface area contributed by atoms with Crippen LogP contribution in [0.2, 0.25) is 0 Å². The van der Waals surface area contributed by atoms with E-state index in [1.807, 2.05) is 19.1 Å². The van der Waals surface area contributed by atoms with Gasteiger partial charge in [-0.25, -0.2) is 0 Å². The summed E-state index contributed by atoms with van der Waals surface area (Å²) in [4.78, 5) is 0. The number of aliphatic hydroxyl groups excluding tert-OH is 2. The van der Waals surface area contributed by atoms with Crippen LogP contribution in [0.25, 0.3) is 0 Å². The van der Waals surface area contributed by atoms with Crippen molar-refractivity contribution in [2.45, 2.75) is 127 Å². The highest BCUT2D eigenvalue weighted by Gasteiger charge is 2.69. The summed E-state index contributed by atoms with van der Waals surface area (Å²) in [6.07, 6.45) is -7.04. The van der Waals surface area contributed by atoms with E-state index in [0.717, 1.165) is 18.4 Å². The van der Waals surface area contributed by atoms with Gasteiger partial charge in [0.1, 0.15) is 0 Å². The van der Waals surface area contributed by atoms with Crippen LogP contribution in [0, 0.1) is 23.2 Å². The lowest BCUT2D eigenvalue weighted by molar-refractivity contribution is -0.347. The fourth-order valence-electron chi connectivity index (χ4n) is 7.39.